The summed E-state index contributed by atoms with van der Waals surface area (Å²) < 4.78 is 7.20. The fraction of sp³-hybridized carbons (Fsp3) is 0.0612. The number of benzene rings is 6. The Morgan fingerprint density at radius 3 is 1.30 bits per heavy atom. The normalized spacial score (nSPS) is 15.3. The molecule has 0 saturated heterocycles. The van der Waals surface area contributed by atoms with Crippen molar-refractivity contribution < 1.29 is 9.13 Å². The van der Waals surface area contributed by atoms with Gasteiger partial charge in [-0.25, -0.2) is 0 Å². The van der Waals surface area contributed by atoms with E-state index >= 15 is 0 Å². The first-order chi connectivity index (χ1) is 28.1. The van der Waals surface area contributed by atoms with Crippen LogP contribution in [-0.4, -0.2) is 5.08 Å². The van der Waals surface area contributed by atoms with E-state index in [1.54, 1.807) is 0 Å². The molecule has 0 saturated carbocycles. The van der Waals surface area contributed by atoms with Crippen molar-refractivity contribution in [1.82, 2.24) is 0 Å². The van der Waals surface area contributed by atoms with Crippen molar-refractivity contribution in [3.05, 3.63) is 201 Å². The van der Waals surface area contributed by atoms with Gasteiger partial charge in [0.15, 0.2) is 0 Å². The Bertz CT molecular complexity index is 2720. The van der Waals surface area contributed by atoms with E-state index in [4.69, 9.17) is 0 Å². The van der Waals surface area contributed by atoms with Crippen LogP contribution >= 0.6 is 46.2 Å². The Hall–Kier alpha value is -5.64. The van der Waals surface area contributed by atoms with Gasteiger partial charge in [-0.05, 0) is 71.8 Å². The number of hydrogen-bond acceptors (Lipinski definition) is 6. The van der Waals surface area contributed by atoms with Crippen LogP contribution in [0.1, 0.15) is 21.1 Å². The largest absolute Gasteiger partial charge is 0.304 e. The van der Waals surface area contributed by atoms with Gasteiger partial charge in [-0.2, -0.15) is 9.13 Å². The van der Waals surface area contributed by atoms with Gasteiger partial charge in [0.05, 0.1) is 26.5 Å². The maximum atomic E-state index is 2.43. The van der Waals surface area contributed by atoms with Crippen molar-refractivity contribution in [2.24, 2.45) is 14.1 Å². The van der Waals surface area contributed by atoms with Gasteiger partial charge in [-0.15, -0.1) is 0 Å². The zero-order valence-corrected chi connectivity index (χ0v) is 34.7. The lowest BCUT2D eigenvalue weighted by molar-refractivity contribution is -0.642. The number of anilines is 4. The summed E-state index contributed by atoms with van der Waals surface area (Å²) in [5, 5.41) is 5.64. The maximum Gasteiger partial charge on any atom is 0.263 e. The number of thioether (sulfide) groups is 2. The number of allylic oxidation sites excluding steroid dienone is 4. The minimum atomic E-state index is 0.808. The molecular weight excluding hydrogens is 773 g/mol. The van der Waals surface area contributed by atoms with Crippen molar-refractivity contribution in [3.63, 3.8) is 0 Å². The van der Waals surface area contributed by atoms with Crippen LogP contribution in [0.3, 0.4) is 0 Å². The van der Waals surface area contributed by atoms with Gasteiger partial charge in [-0.1, -0.05) is 143 Å². The second kappa shape index (κ2) is 15.4. The Morgan fingerprint density at radius 2 is 0.860 bits per heavy atom. The summed E-state index contributed by atoms with van der Waals surface area (Å²) in [4.78, 5) is 4.85. The van der Waals surface area contributed by atoms with Crippen LogP contribution in [0, 0.1) is 0 Å². The fourth-order valence-electron chi connectivity index (χ4n) is 7.66. The lowest BCUT2D eigenvalue weighted by atomic mass is 9.99. The minimum absolute atomic E-state index is 0.808. The molecule has 2 aliphatic heterocycles. The molecule has 6 aromatic carbocycles. The molecule has 276 valence electrons. The first kappa shape index (κ1) is 35.8. The molecule has 0 fully saturated rings. The molecule has 8 aromatic rings. The first-order valence-electron chi connectivity index (χ1n) is 18.9. The van der Waals surface area contributed by atoms with Crippen LogP contribution in [0.2, 0.25) is 0 Å². The van der Waals surface area contributed by atoms with Crippen molar-refractivity contribution in [2.45, 2.75) is 0 Å². The van der Waals surface area contributed by atoms with E-state index in [1.807, 2.05) is 46.2 Å². The van der Waals surface area contributed by atoms with Gasteiger partial charge in [0, 0.05) is 46.8 Å². The molecule has 0 unspecified atom stereocenters. The van der Waals surface area contributed by atoms with Crippen molar-refractivity contribution >= 4 is 113 Å². The Kier molecular flexibility index (Phi) is 9.64. The predicted octanol–water partition coefficient (Wildman–Crippen LogP) is 13.0. The van der Waals surface area contributed by atoms with Crippen molar-refractivity contribution in [2.75, 3.05) is 14.9 Å². The summed E-state index contributed by atoms with van der Waals surface area (Å²) in [6.07, 6.45) is 9.50. The third kappa shape index (κ3) is 6.72. The molecule has 0 spiro atoms. The number of nitrogens with zero attached hydrogens (tertiary/aromatic N) is 4. The summed E-state index contributed by atoms with van der Waals surface area (Å²) in [7, 11) is 4.34. The van der Waals surface area contributed by atoms with E-state index in [2.05, 4.69) is 215 Å². The molecule has 2 aliphatic rings. The Labute approximate surface area is 349 Å². The molecule has 0 radical (unpaired) electrons. The van der Waals surface area contributed by atoms with Crippen LogP contribution in [0.25, 0.3) is 43.7 Å². The van der Waals surface area contributed by atoms with Crippen LogP contribution < -0.4 is 18.9 Å². The predicted molar refractivity (Wildman–Crippen MR) is 248 cm³/mol. The number of aryl methyl sites for hydroxylation is 2. The standard InChI is InChI=1S/C49H38N4S4/c1-50-42-25-13-15-27-44(42)56-46(50)29-34-31-48(52(36-17-5-3-6-18-36)40-23-11-9-21-38(34)40)54-33-55-49-32-35(30-47-51(2)43-26-14-16-28-45(43)57-47)39-22-10-12-24-41(39)53(49)37-19-7-4-8-20-37/h3-32H,33H2,1-2H3/q+2. The summed E-state index contributed by atoms with van der Waals surface area (Å²) in [6, 6.07) is 56.5. The molecule has 0 amide bonds. The maximum absolute atomic E-state index is 2.43. The van der Waals surface area contributed by atoms with Crippen LogP contribution in [0.4, 0.5) is 22.7 Å². The number of thiazole rings is 2. The molecule has 4 nitrogen and oxygen atoms in total. The lowest BCUT2D eigenvalue weighted by Gasteiger charge is -2.34. The number of hydrogen-bond donors (Lipinski definition) is 0. The molecule has 0 aliphatic carbocycles. The summed E-state index contributed by atoms with van der Waals surface area (Å²) in [5.41, 5.74) is 12.0. The van der Waals surface area contributed by atoms with Gasteiger partial charge in [-0.3, -0.25) is 0 Å². The van der Waals surface area contributed by atoms with Gasteiger partial charge in [0.2, 0.25) is 11.0 Å². The van der Waals surface area contributed by atoms with Gasteiger partial charge < -0.3 is 9.80 Å². The van der Waals surface area contributed by atoms with Crippen molar-refractivity contribution in [3.8, 4) is 0 Å². The third-order valence-electron chi connectivity index (χ3n) is 10.5. The molecule has 0 atom stereocenters. The van der Waals surface area contributed by atoms with E-state index in [0.29, 0.717) is 0 Å². The summed E-state index contributed by atoms with van der Waals surface area (Å²) in [6.45, 7) is 0. The number of fused-ring (bicyclic) bond motifs is 4. The molecular formula is C49H38N4S4+2. The average molecular weight is 811 g/mol. The molecule has 0 N–H and O–H groups in total. The lowest BCUT2D eigenvalue weighted by Crippen LogP contribution is -2.29. The van der Waals surface area contributed by atoms with E-state index in [0.717, 1.165) is 16.5 Å². The smallest absolute Gasteiger partial charge is 0.263 e. The number of aromatic nitrogens is 2. The zero-order chi connectivity index (χ0) is 38.3. The quantitative estimate of drug-likeness (QED) is 0.112. The first-order valence-corrected chi connectivity index (χ1v) is 22.5. The van der Waals surface area contributed by atoms with E-state index in [9.17, 15) is 0 Å². The highest BCUT2D eigenvalue weighted by Crippen LogP contribution is 2.49. The highest BCUT2D eigenvalue weighted by molar-refractivity contribution is 8.19. The van der Waals surface area contributed by atoms with E-state index < -0.39 is 0 Å². The number of para-hydroxylation sites is 6. The highest BCUT2D eigenvalue weighted by Gasteiger charge is 2.29. The molecule has 4 heterocycles. The SMILES string of the molecule is C[n+]1c(/C=C2\C=C(SCSC3=C/C(=C\c4sc5ccccc5[n+]4C)c4ccccc4N3c3ccccc3)N(c3ccccc3)c3ccccc32)sc2ccccc21. The highest BCUT2D eigenvalue weighted by atomic mass is 32.2. The number of rotatable bonds is 8. The van der Waals surface area contributed by atoms with Crippen molar-refractivity contribution in [1.29, 1.82) is 0 Å². The van der Waals surface area contributed by atoms with Gasteiger partial charge in [0.25, 0.3) is 10.0 Å². The second-order valence-electron chi connectivity index (χ2n) is 13.9. The molecule has 0 bridgehead atoms. The van der Waals surface area contributed by atoms with Crippen LogP contribution in [0.5, 0.6) is 0 Å². The minimum Gasteiger partial charge on any atom is -0.304 e. The fourth-order valence-corrected chi connectivity index (χ4v) is 12.2. The van der Waals surface area contributed by atoms with Crippen LogP contribution in [0.15, 0.2) is 180 Å². The molecule has 8 heteroatoms. The van der Waals surface area contributed by atoms with E-state index in [1.165, 1.54) is 74.2 Å². The molecule has 2 aromatic heterocycles. The Balaban J connectivity index is 1.05. The summed E-state index contributed by atoms with van der Waals surface area (Å²) >= 11 is 7.45. The second-order valence-corrected chi connectivity index (χ2v) is 18.4. The monoisotopic (exact) mass is 810 g/mol. The van der Waals surface area contributed by atoms with Gasteiger partial charge >= 0.3 is 0 Å². The average Bonchev–Trinajstić information content (AvgIpc) is 3.75. The molecule has 57 heavy (non-hydrogen) atoms. The van der Waals surface area contributed by atoms with Crippen LogP contribution in [-0.2, 0) is 14.1 Å². The zero-order valence-electron chi connectivity index (χ0n) is 31.4. The summed E-state index contributed by atoms with van der Waals surface area (Å²) in [5.74, 6) is 0. The van der Waals surface area contributed by atoms with E-state index in [-0.39, 0.29) is 0 Å². The third-order valence-corrected chi connectivity index (χ3v) is 14.9. The molecule has 10 rings (SSSR count). The Morgan fingerprint density at radius 1 is 0.474 bits per heavy atom. The van der Waals surface area contributed by atoms with Gasteiger partial charge in [0.1, 0.15) is 23.5 Å². The topological polar surface area (TPSA) is 14.2 Å².